The molecule has 0 radical (unpaired) electrons. The SMILES string of the molecule is Cc1nc(CCC(=O)N(C)c2ccccc2)cs1. The van der Waals surface area contributed by atoms with Crippen LogP contribution < -0.4 is 4.90 Å². The lowest BCUT2D eigenvalue weighted by atomic mass is 10.2. The summed E-state index contributed by atoms with van der Waals surface area (Å²) >= 11 is 1.62. The lowest BCUT2D eigenvalue weighted by molar-refractivity contribution is -0.118. The molecule has 18 heavy (non-hydrogen) atoms. The van der Waals surface area contributed by atoms with E-state index in [9.17, 15) is 4.79 Å². The molecule has 3 nitrogen and oxygen atoms in total. The first-order chi connectivity index (χ1) is 8.66. The lowest BCUT2D eigenvalue weighted by Gasteiger charge is -2.16. The molecule has 0 bridgehead atoms. The number of para-hydroxylation sites is 1. The second kappa shape index (κ2) is 5.78. The molecule has 0 unspecified atom stereocenters. The summed E-state index contributed by atoms with van der Waals surface area (Å²) in [6.07, 6.45) is 1.20. The van der Waals surface area contributed by atoms with Gasteiger partial charge in [0.2, 0.25) is 5.91 Å². The minimum atomic E-state index is 0.117. The second-order valence-electron chi connectivity index (χ2n) is 4.15. The monoisotopic (exact) mass is 260 g/mol. The van der Waals surface area contributed by atoms with E-state index in [4.69, 9.17) is 0 Å². The van der Waals surface area contributed by atoms with Crippen LogP contribution in [0.3, 0.4) is 0 Å². The summed E-state index contributed by atoms with van der Waals surface area (Å²) in [6, 6.07) is 9.68. The van der Waals surface area contributed by atoms with Crippen molar-refractivity contribution in [3.8, 4) is 0 Å². The molecule has 0 N–H and O–H groups in total. The van der Waals surface area contributed by atoms with Crippen LogP contribution in [-0.4, -0.2) is 17.9 Å². The van der Waals surface area contributed by atoms with Gasteiger partial charge in [0.1, 0.15) is 0 Å². The average molecular weight is 260 g/mol. The van der Waals surface area contributed by atoms with Crippen molar-refractivity contribution < 1.29 is 4.79 Å². The summed E-state index contributed by atoms with van der Waals surface area (Å²) in [5, 5.41) is 3.07. The number of aromatic nitrogens is 1. The summed E-state index contributed by atoms with van der Waals surface area (Å²) in [7, 11) is 1.81. The predicted molar refractivity (Wildman–Crippen MR) is 75.0 cm³/mol. The predicted octanol–water partition coefficient (Wildman–Crippen LogP) is 3.05. The largest absolute Gasteiger partial charge is 0.315 e. The summed E-state index contributed by atoms with van der Waals surface area (Å²) in [6.45, 7) is 1.98. The van der Waals surface area contributed by atoms with Crippen LogP contribution in [0.4, 0.5) is 5.69 Å². The van der Waals surface area contributed by atoms with Crippen LogP contribution in [0.25, 0.3) is 0 Å². The van der Waals surface area contributed by atoms with Gasteiger partial charge in [-0.15, -0.1) is 11.3 Å². The number of amides is 1. The number of rotatable bonds is 4. The van der Waals surface area contributed by atoms with E-state index in [1.54, 1.807) is 16.2 Å². The Morgan fingerprint density at radius 3 is 2.67 bits per heavy atom. The highest BCUT2D eigenvalue weighted by molar-refractivity contribution is 7.09. The Labute approximate surface area is 111 Å². The van der Waals surface area contributed by atoms with E-state index in [1.165, 1.54) is 0 Å². The number of anilines is 1. The van der Waals surface area contributed by atoms with Crippen molar-refractivity contribution in [3.05, 3.63) is 46.4 Å². The zero-order chi connectivity index (χ0) is 13.0. The molecule has 2 aromatic rings. The van der Waals surface area contributed by atoms with Crippen molar-refractivity contribution in [3.63, 3.8) is 0 Å². The Hall–Kier alpha value is -1.68. The van der Waals surface area contributed by atoms with Crippen LogP contribution in [-0.2, 0) is 11.2 Å². The Morgan fingerprint density at radius 1 is 1.33 bits per heavy atom. The van der Waals surface area contributed by atoms with Gasteiger partial charge in [-0.1, -0.05) is 18.2 Å². The maximum Gasteiger partial charge on any atom is 0.227 e. The molecular weight excluding hydrogens is 244 g/mol. The topological polar surface area (TPSA) is 33.2 Å². The van der Waals surface area contributed by atoms with Crippen molar-refractivity contribution >= 4 is 22.9 Å². The molecule has 0 aliphatic rings. The number of nitrogens with zero attached hydrogens (tertiary/aromatic N) is 2. The second-order valence-corrected chi connectivity index (χ2v) is 5.21. The molecule has 0 aliphatic heterocycles. The summed E-state index contributed by atoms with van der Waals surface area (Å²) in [4.78, 5) is 18.1. The molecule has 0 spiro atoms. The number of aryl methyl sites for hydroxylation is 2. The fourth-order valence-electron chi connectivity index (χ4n) is 1.72. The highest BCUT2D eigenvalue weighted by atomic mass is 32.1. The molecule has 4 heteroatoms. The summed E-state index contributed by atoms with van der Waals surface area (Å²) in [5.74, 6) is 0.117. The van der Waals surface area contributed by atoms with E-state index in [1.807, 2.05) is 49.7 Å². The van der Waals surface area contributed by atoms with Gasteiger partial charge in [-0.3, -0.25) is 4.79 Å². The van der Waals surface area contributed by atoms with Crippen molar-refractivity contribution in [1.29, 1.82) is 0 Å². The molecular formula is C14H16N2OS. The third-order valence-corrected chi connectivity index (χ3v) is 3.60. The molecule has 0 atom stereocenters. The number of thiazole rings is 1. The Morgan fingerprint density at radius 2 is 2.06 bits per heavy atom. The van der Waals surface area contributed by atoms with Crippen LogP contribution in [0.5, 0.6) is 0 Å². The molecule has 0 saturated heterocycles. The minimum Gasteiger partial charge on any atom is -0.315 e. The van der Waals surface area contributed by atoms with E-state index in [-0.39, 0.29) is 5.91 Å². The molecule has 94 valence electrons. The first-order valence-electron chi connectivity index (χ1n) is 5.89. The zero-order valence-electron chi connectivity index (χ0n) is 10.6. The normalized spacial score (nSPS) is 10.3. The summed E-state index contributed by atoms with van der Waals surface area (Å²) < 4.78 is 0. The van der Waals surface area contributed by atoms with E-state index < -0.39 is 0 Å². The Bertz CT molecular complexity index is 522. The summed E-state index contributed by atoms with van der Waals surface area (Å²) in [5.41, 5.74) is 1.93. The van der Waals surface area contributed by atoms with Crippen LogP contribution in [0.15, 0.2) is 35.7 Å². The van der Waals surface area contributed by atoms with Crippen molar-refractivity contribution in [1.82, 2.24) is 4.98 Å². The fraction of sp³-hybridized carbons (Fsp3) is 0.286. The average Bonchev–Trinajstić information content (AvgIpc) is 2.82. The van der Waals surface area contributed by atoms with Crippen LogP contribution in [0.2, 0.25) is 0 Å². The van der Waals surface area contributed by atoms with Gasteiger partial charge >= 0.3 is 0 Å². The van der Waals surface area contributed by atoms with E-state index >= 15 is 0 Å². The molecule has 2 rings (SSSR count). The molecule has 1 heterocycles. The van der Waals surface area contributed by atoms with Crippen molar-refractivity contribution in [2.24, 2.45) is 0 Å². The highest BCUT2D eigenvalue weighted by Crippen LogP contribution is 2.14. The van der Waals surface area contributed by atoms with Gasteiger partial charge in [0.25, 0.3) is 0 Å². The standard InChI is InChI=1S/C14H16N2OS/c1-11-15-12(10-18-11)8-9-14(17)16(2)13-6-4-3-5-7-13/h3-7,10H,8-9H2,1-2H3. The number of carbonyl (C=O) groups is 1. The smallest absolute Gasteiger partial charge is 0.227 e. The van der Waals surface area contributed by atoms with Gasteiger partial charge in [-0.25, -0.2) is 4.98 Å². The van der Waals surface area contributed by atoms with Gasteiger partial charge in [0.05, 0.1) is 10.7 Å². The fourth-order valence-corrected chi connectivity index (χ4v) is 2.37. The minimum absolute atomic E-state index is 0.117. The molecule has 1 aromatic carbocycles. The van der Waals surface area contributed by atoms with Crippen LogP contribution in [0.1, 0.15) is 17.1 Å². The number of carbonyl (C=O) groups excluding carboxylic acids is 1. The third kappa shape index (κ3) is 3.17. The van der Waals surface area contributed by atoms with Gasteiger partial charge in [0, 0.05) is 24.5 Å². The quantitative estimate of drug-likeness (QED) is 0.846. The van der Waals surface area contributed by atoms with Crippen LogP contribution >= 0.6 is 11.3 Å². The Kier molecular flexibility index (Phi) is 4.10. The number of hydrogen-bond donors (Lipinski definition) is 0. The maximum atomic E-state index is 12.0. The third-order valence-electron chi connectivity index (χ3n) is 2.78. The molecule has 0 saturated carbocycles. The highest BCUT2D eigenvalue weighted by Gasteiger charge is 2.11. The molecule has 1 aromatic heterocycles. The Balaban J connectivity index is 1.92. The molecule has 0 aliphatic carbocycles. The van der Waals surface area contributed by atoms with Crippen molar-refractivity contribution in [2.75, 3.05) is 11.9 Å². The number of hydrogen-bond acceptors (Lipinski definition) is 3. The van der Waals surface area contributed by atoms with Gasteiger partial charge in [-0.2, -0.15) is 0 Å². The van der Waals surface area contributed by atoms with E-state index in [0.717, 1.165) is 16.4 Å². The van der Waals surface area contributed by atoms with E-state index in [0.29, 0.717) is 12.8 Å². The number of benzene rings is 1. The van der Waals surface area contributed by atoms with Gasteiger partial charge in [0.15, 0.2) is 0 Å². The molecule has 0 fully saturated rings. The first-order valence-corrected chi connectivity index (χ1v) is 6.77. The van der Waals surface area contributed by atoms with E-state index in [2.05, 4.69) is 4.98 Å². The van der Waals surface area contributed by atoms with Gasteiger partial charge in [-0.05, 0) is 25.5 Å². The first kappa shape index (κ1) is 12.8. The maximum absolute atomic E-state index is 12.0. The van der Waals surface area contributed by atoms with Crippen molar-refractivity contribution in [2.45, 2.75) is 19.8 Å². The zero-order valence-corrected chi connectivity index (χ0v) is 11.4. The molecule has 1 amide bonds. The lowest BCUT2D eigenvalue weighted by Crippen LogP contribution is -2.26. The van der Waals surface area contributed by atoms with Gasteiger partial charge < -0.3 is 4.90 Å². The van der Waals surface area contributed by atoms with Crippen LogP contribution in [0, 0.1) is 6.92 Å².